The van der Waals surface area contributed by atoms with Crippen LogP contribution in [0.1, 0.15) is 72.1 Å². The van der Waals surface area contributed by atoms with Crippen molar-refractivity contribution in [2.75, 3.05) is 32.1 Å². The van der Waals surface area contributed by atoms with E-state index in [4.69, 9.17) is 9.84 Å². The van der Waals surface area contributed by atoms with Gasteiger partial charge in [-0.15, -0.1) is 0 Å². The number of carboxylic acid groups (broad SMARTS) is 1. The van der Waals surface area contributed by atoms with E-state index in [0.29, 0.717) is 43.0 Å². The first-order valence-corrected chi connectivity index (χ1v) is 12.6. The summed E-state index contributed by atoms with van der Waals surface area (Å²) in [6, 6.07) is 13.9. The first-order valence-electron chi connectivity index (χ1n) is 12.6. The Morgan fingerprint density at radius 2 is 2.00 bits per heavy atom. The lowest BCUT2D eigenvalue weighted by Gasteiger charge is -2.20. The Bertz CT molecular complexity index is 1200. The molecule has 0 aromatic heterocycles. The van der Waals surface area contributed by atoms with Crippen LogP contribution in [-0.2, 0) is 26.8 Å². The molecule has 2 atom stereocenters. The van der Waals surface area contributed by atoms with Crippen LogP contribution in [0.15, 0.2) is 36.4 Å². The third-order valence-corrected chi connectivity index (χ3v) is 7.74. The molecule has 190 valence electrons. The van der Waals surface area contributed by atoms with Gasteiger partial charge >= 0.3 is 5.97 Å². The molecule has 2 aromatic carbocycles. The second-order valence-electron chi connectivity index (χ2n) is 10.7. The summed E-state index contributed by atoms with van der Waals surface area (Å²) in [7, 11) is 1.62. The van der Waals surface area contributed by atoms with Crippen molar-refractivity contribution in [3.05, 3.63) is 64.2 Å². The van der Waals surface area contributed by atoms with Gasteiger partial charge in [0.05, 0.1) is 18.2 Å². The van der Waals surface area contributed by atoms with Gasteiger partial charge in [0.1, 0.15) is 0 Å². The topological polar surface area (TPSA) is 111 Å². The van der Waals surface area contributed by atoms with E-state index in [2.05, 4.69) is 42.7 Å². The first kappa shape index (κ1) is 25.7. The van der Waals surface area contributed by atoms with Gasteiger partial charge in [0.2, 0.25) is 0 Å². The standard InChI is InChI=1S/C29H35N3O4/c1-28(2)18-29(24-14-21(9-10-23(24)28)27(35)31-11-12-36-3)15-22(29)17-32-25-13-19(16-30)7-8-20(25)5-4-6-26(33)34/h7-10,13-14,22,32H,4-6,11-12,15,17-18H2,1-3H3,(H,31,35)(H,33,34)/t22-,29-/m0/s1. The Hall–Kier alpha value is -3.37. The number of nitrogens with zero attached hydrogens (tertiary/aromatic N) is 1. The monoisotopic (exact) mass is 489 g/mol. The summed E-state index contributed by atoms with van der Waals surface area (Å²) in [4.78, 5) is 23.6. The minimum Gasteiger partial charge on any atom is -0.481 e. The highest BCUT2D eigenvalue weighted by Gasteiger charge is 2.62. The molecule has 0 saturated heterocycles. The zero-order valence-corrected chi connectivity index (χ0v) is 21.3. The van der Waals surface area contributed by atoms with Gasteiger partial charge in [-0.2, -0.15) is 5.26 Å². The number of hydrogen-bond donors (Lipinski definition) is 3. The molecule has 2 aliphatic carbocycles. The summed E-state index contributed by atoms with van der Waals surface area (Å²) >= 11 is 0. The van der Waals surface area contributed by atoms with Gasteiger partial charge in [0.15, 0.2) is 0 Å². The molecule has 36 heavy (non-hydrogen) atoms. The number of amides is 1. The van der Waals surface area contributed by atoms with Crippen LogP contribution in [0.5, 0.6) is 0 Å². The fourth-order valence-electron chi connectivity index (χ4n) is 5.92. The van der Waals surface area contributed by atoms with Crippen molar-refractivity contribution in [3.8, 4) is 6.07 Å². The zero-order chi connectivity index (χ0) is 25.9. The lowest BCUT2D eigenvalue weighted by Crippen LogP contribution is -2.27. The molecule has 2 aliphatic rings. The van der Waals surface area contributed by atoms with Crippen LogP contribution >= 0.6 is 0 Å². The number of hydrogen-bond acceptors (Lipinski definition) is 5. The molecule has 1 fully saturated rings. The summed E-state index contributed by atoms with van der Waals surface area (Å²) in [6.07, 6.45) is 3.42. The van der Waals surface area contributed by atoms with Gasteiger partial charge in [-0.05, 0) is 78.0 Å². The number of carboxylic acids is 1. The molecule has 7 nitrogen and oxygen atoms in total. The lowest BCUT2D eigenvalue weighted by atomic mass is 9.85. The molecule has 3 N–H and O–H groups in total. The highest BCUT2D eigenvalue weighted by atomic mass is 16.5. The van der Waals surface area contributed by atoms with Crippen molar-refractivity contribution in [1.82, 2.24) is 5.32 Å². The van der Waals surface area contributed by atoms with E-state index in [-0.39, 0.29) is 23.2 Å². The lowest BCUT2D eigenvalue weighted by molar-refractivity contribution is -0.137. The Kier molecular flexibility index (Phi) is 7.37. The average Bonchev–Trinajstić information content (AvgIpc) is 3.49. The summed E-state index contributed by atoms with van der Waals surface area (Å²) in [5.41, 5.74) is 5.90. The molecule has 0 unspecified atom stereocenters. The fraction of sp³-hybridized carbons (Fsp3) is 0.483. The molecule has 0 radical (unpaired) electrons. The van der Waals surface area contributed by atoms with Crippen molar-refractivity contribution < 1.29 is 19.4 Å². The molecule has 0 bridgehead atoms. The van der Waals surface area contributed by atoms with Crippen LogP contribution in [0.4, 0.5) is 5.69 Å². The minimum absolute atomic E-state index is 0.0395. The van der Waals surface area contributed by atoms with Crippen LogP contribution in [0.3, 0.4) is 0 Å². The van der Waals surface area contributed by atoms with E-state index in [1.54, 1.807) is 13.2 Å². The van der Waals surface area contributed by atoms with Gasteiger partial charge in [-0.25, -0.2) is 0 Å². The van der Waals surface area contributed by atoms with E-state index >= 15 is 0 Å². The van der Waals surface area contributed by atoms with Crippen molar-refractivity contribution in [2.45, 2.75) is 56.8 Å². The SMILES string of the molecule is COCCNC(=O)c1ccc2c(c1)[C@@]1(C[C@H]1CNc1cc(C#N)ccc1CCCC(=O)O)CC2(C)C. The Balaban J connectivity index is 1.50. The highest BCUT2D eigenvalue weighted by Crippen LogP contribution is 2.66. The number of rotatable bonds is 11. The molecule has 0 heterocycles. The zero-order valence-electron chi connectivity index (χ0n) is 21.3. The highest BCUT2D eigenvalue weighted by molar-refractivity contribution is 5.94. The fourth-order valence-corrected chi connectivity index (χ4v) is 5.92. The van der Waals surface area contributed by atoms with Gasteiger partial charge in [-0.1, -0.05) is 26.0 Å². The third kappa shape index (κ3) is 5.24. The molecular weight excluding hydrogens is 454 g/mol. The maximum Gasteiger partial charge on any atom is 0.303 e. The van der Waals surface area contributed by atoms with Crippen molar-refractivity contribution >= 4 is 17.6 Å². The Morgan fingerprint density at radius 3 is 2.72 bits per heavy atom. The predicted octanol–water partition coefficient (Wildman–Crippen LogP) is 4.39. The van der Waals surface area contributed by atoms with Crippen LogP contribution in [-0.4, -0.2) is 43.8 Å². The van der Waals surface area contributed by atoms with Crippen molar-refractivity contribution in [3.63, 3.8) is 0 Å². The van der Waals surface area contributed by atoms with Crippen LogP contribution < -0.4 is 10.6 Å². The number of methoxy groups -OCH3 is 1. The quantitative estimate of drug-likeness (QED) is 0.404. The number of carbonyl (C=O) groups excluding carboxylic acids is 1. The summed E-state index contributed by atoms with van der Waals surface area (Å²) < 4.78 is 5.04. The number of carbonyl (C=O) groups is 2. The number of nitrogens with one attached hydrogen (secondary N) is 2. The first-order chi connectivity index (χ1) is 17.2. The third-order valence-electron chi connectivity index (χ3n) is 7.74. The van der Waals surface area contributed by atoms with Gasteiger partial charge in [0.25, 0.3) is 5.91 Å². The van der Waals surface area contributed by atoms with Crippen LogP contribution in [0.25, 0.3) is 0 Å². The van der Waals surface area contributed by atoms with E-state index in [1.807, 2.05) is 18.2 Å². The minimum atomic E-state index is -0.799. The molecule has 1 spiro atoms. The molecule has 1 amide bonds. The van der Waals surface area contributed by atoms with E-state index in [1.165, 1.54) is 11.1 Å². The number of benzene rings is 2. The number of aliphatic carboxylic acids is 1. The van der Waals surface area contributed by atoms with E-state index in [0.717, 1.165) is 30.6 Å². The van der Waals surface area contributed by atoms with E-state index in [9.17, 15) is 14.9 Å². The number of aryl methyl sites for hydroxylation is 1. The number of fused-ring (bicyclic) bond motifs is 2. The number of ether oxygens (including phenoxy) is 1. The summed E-state index contributed by atoms with van der Waals surface area (Å²) in [5.74, 6) is -0.459. The number of nitriles is 1. The number of anilines is 1. The van der Waals surface area contributed by atoms with Gasteiger partial charge < -0.3 is 20.5 Å². The van der Waals surface area contributed by atoms with Gasteiger partial charge in [-0.3, -0.25) is 9.59 Å². The van der Waals surface area contributed by atoms with Crippen LogP contribution in [0, 0.1) is 17.2 Å². The normalized spacial score (nSPS) is 21.0. The molecule has 7 heteroatoms. The van der Waals surface area contributed by atoms with Crippen molar-refractivity contribution in [1.29, 1.82) is 5.26 Å². The average molecular weight is 490 g/mol. The van der Waals surface area contributed by atoms with E-state index < -0.39 is 5.97 Å². The predicted molar refractivity (Wildman–Crippen MR) is 138 cm³/mol. The Labute approximate surface area is 212 Å². The van der Waals surface area contributed by atoms with Crippen molar-refractivity contribution in [2.24, 2.45) is 5.92 Å². The molecule has 4 rings (SSSR count). The molecule has 0 aliphatic heterocycles. The largest absolute Gasteiger partial charge is 0.481 e. The van der Waals surface area contributed by atoms with Crippen LogP contribution in [0.2, 0.25) is 0 Å². The summed E-state index contributed by atoms with van der Waals surface area (Å²) in [6.45, 7) is 6.27. The maximum absolute atomic E-state index is 12.7. The molecule has 2 aromatic rings. The maximum atomic E-state index is 12.7. The second-order valence-corrected chi connectivity index (χ2v) is 10.7. The second kappa shape index (κ2) is 10.3. The molecule has 1 saturated carbocycles. The Morgan fingerprint density at radius 1 is 1.19 bits per heavy atom. The molecular formula is C29H35N3O4. The summed E-state index contributed by atoms with van der Waals surface area (Å²) in [5, 5.41) is 24.9. The smallest absolute Gasteiger partial charge is 0.303 e. The van der Waals surface area contributed by atoms with Gasteiger partial charge in [0, 0.05) is 43.3 Å².